The minimum atomic E-state index is -5.64. The second-order valence-corrected chi connectivity index (χ2v) is 10.9. The molecule has 0 saturated heterocycles. The highest BCUT2D eigenvalue weighted by Gasteiger charge is 2.46. The van der Waals surface area contributed by atoms with Crippen LogP contribution in [0.3, 0.4) is 0 Å². The Balaban J connectivity index is 1.57. The third kappa shape index (κ3) is 4.49. The van der Waals surface area contributed by atoms with Crippen molar-refractivity contribution in [2.45, 2.75) is 39.2 Å². The van der Waals surface area contributed by atoms with Crippen LogP contribution in [0.1, 0.15) is 29.6 Å². The summed E-state index contributed by atoms with van der Waals surface area (Å²) >= 11 is 6.65. The summed E-state index contributed by atoms with van der Waals surface area (Å²) in [5.41, 5.74) is -0.874. The number of sulfonamides is 1. The topological polar surface area (TPSA) is 90.0 Å². The maximum atomic E-state index is 13.0. The van der Waals surface area contributed by atoms with Gasteiger partial charge >= 0.3 is 15.5 Å². The van der Waals surface area contributed by atoms with E-state index in [1.54, 1.807) is 16.9 Å². The number of anilines is 1. The van der Waals surface area contributed by atoms with Crippen LogP contribution in [0.5, 0.6) is 0 Å². The Hall–Kier alpha value is -3.57. The van der Waals surface area contributed by atoms with Gasteiger partial charge in [-0.3, -0.25) is 4.72 Å². The minimum absolute atomic E-state index is 0.0505. The average molecular weight is 563 g/mol. The number of pyridine rings is 1. The van der Waals surface area contributed by atoms with Crippen LogP contribution in [0.15, 0.2) is 52.9 Å². The number of nitrogens with one attached hydrogen (secondary N) is 1. The van der Waals surface area contributed by atoms with Crippen molar-refractivity contribution in [1.82, 2.24) is 14.5 Å². The highest BCUT2D eigenvalue weighted by atomic mass is 35.5. The van der Waals surface area contributed by atoms with Crippen molar-refractivity contribution in [1.29, 1.82) is 0 Å². The third-order valence-corrected chi connectivity index (χ3v) is 7.64. The molecule has 38 heavy (non-hydrogen) atoms. The summed E-state index contributed by atoms with van der Waals surface area (Å²) in [6.45, 7) is 6.41. The van der Waals surface area contributed by atoms with Gasteiger partial charge in [0.05, 0.1) is 17.3 Å². The SMILES string of the molecule is CCc1nc2c(C)cc(C)nc2n1Cc1ccc2oc(-c3ccccc3NS(=O)(=O)C(F)(F)F)c(Cl)c2c1. The number of rotatable bonds is 6. The normalized spacial score (nSPS) is 12.5. The highest BCUT2D eigenvalue weighted by Crippen LogP contribution is 2.41. The molecule has 5 aromatic rings. The maximum Gasteiger partial charge on any atom is 0.516 e. The van der Waals surface area contributed by atoms with E-state index in [1.807, 2.05) is 43.5 Å². The van der Waals surface area contributed by atoms with Crippen molar-refractivity contribution in [2.75, 3.05) is 4.72 Å². The largest absolute Gasteiger partial charge is 0.516 e. The van der Waals surface area contributed by atoms with E-state index in [4.69, 9.17) is 26.0 Å². The minimum Gasteiger partial charge on any atom is -0.454 e. The first-order valence-electron chi connectivity index (χ1n) is 11.6. The second-order valence-electron chi connectivity index (χ2n) is 8.89. The molecule has 0 aliphatic heterocycles. The Morgan fingerprint density at radius 2 is 1.82 bits per heavy atom. The number of hydrogen-bond donors (Lipinski definition) is 1. The van der Waals surface area contributed by atoms with Crippen LogP contribution < -0.4 is 4.72 Å². The van der Waals surface area contributed by atoms with Crippen LogP contribution in [0.4, 0.5) is 18.9 Å². The Morgan fingerprint density at radius 1 is 1.08 bits per heavy atom. The molecule has 2 aromatic carbocycles. The van der Waals surface area contributed by atoms with E-state index in [0.717, 1.165) is 33.8 Å². The number of para-hydroxylation sites is 1. The molecule has 0 aliphatic carbocycles. The molecule has 0 spiro atoms. The van der Waals surface area contributed by atoms with Crippen molar-refractivity contribution in [2.24, 2.45) is 0 Å². The molecule has 0 atom stereocenters. The zero-order valence-corrected chi connectivity index (χ0v) is 22.1. The number of hydrogen-bond acceptors (Lipinski definition) is 5. The number of aromatic nitrogens is 3. The van der Waals surface area contributed by atoms with Gasteiger partial charge in [-0.25, -0.2) is 9.97 Å². The van der Waals surface area contributed by atoms with E-state index in [9.17, 15) is 21.6 Å². The lowest BCUT2D eigenvalue weighted by Crippen LogP contribution is -2.30. The first kappa shape index (κ1) is 26.1. The summed E-state index contributed by atoms with van der Waals surface area (Å²) in [7, 11) is -5.64. The first-order valence-corrected chi connectivity index (χ1v) is 13.5. The van der Waals surface area contributed by atoms with Crippen LogP contribution in [0, 0.1) is 13.8 Å². The number of aryl methyl sites for hydroxylation is 3. The fraction of sp³-hybridized carbons (Fsp3) is 0.231. The number of fused-ring (bicyclic) bond motifs is 2. The summed E-state index contributed by atoms with van der Waals surface area (Å²) in [5.74, 6) is 0.931. The molecule has 0 amide bonds. The quantitative estimate of drug-likeness (QED) is 0.241. The molecule has 0 aliphatic rings. The Bertz CT molecular complexity index is 1810. The van der Waals surface area contributed by atoms with Gasteiger partial charge in [0.15, 0.2) is 11.4 Å². The predicted octanol–water partition coefficient (Wildman–Crippen LogP) is 6.99. The number of benzene rings is 2. The van der Waals surface area contributed by atoms with Gasteiger partial charge in [-0.05, 0) is 55.3 Å². The summed E-state index contributed by atoms with van der Waals surface area (Å²) < 4.78 is 71.9. The van der Waals surface area contributed by atoms with E-state index < -0.39 is 15.5 Å². The Labute approximate surface area is 221 Å². The third-order valence-electron chi connectivity index (χ3n) is 6.17. The number of halogens is 4. The molecular formula is C26H22ClF3N4O3S. The lowest BCUT2D eigenvalue weighted by Gasteiger charge is -2.13. The van der Waals surface area contributed by atoms with Crippen molar-refractivity contribution in [3.05, 3.63) is 76.2 Å². The number of nitrogens with zero attached hydrogens (tertiary/aromatic N) is 3. The Kier molecular flexibility index (Phi) is 6.39. The fourth-order valence-corrected chi connectivity index (χ4v) is 5.30. The van der Waals surface area contributed by atoms with Crippen molar-refractivity contribution >= 4 is 49.4 Å². The van der Waals surface area contributed by atoms with Crippen LogP contribution in [-0.2, 0) is 23.0 Å². The van der Waals surface area contributed by atoms with E-state index in [2.05, 4.69) is 0 Å². The predicted molar refractivity (Wildman–Crippen MR) is 141 cm³/mol. The van der Waals surface area contributed by atoms with E-state index in [0.29, 0.717) is 23.9 Å². The van der Waals surface area contributed by atoms with Crippen LogP contribution in [0.25, 0.3) is 33.5 Å². The monoisotopic (exact) mass is 562 g/mol. The van der Waals surface area contributed by atoms with Gasteiger partial charge < -0.3 is 8.98 Å². The van der Waals surface area contributed by atoms with Gasteiger partial charge in [-0.2, -0.15) is 21.6 Å². The van der Waals surface area contributed by atoms with Gasteiger partial charge in [0.25, 0.3) is 0 Å². The highest BCUT2D eigenvalue weighted by molar-refractivity contribution is 7.93. The fourth-order valence-electron chi connectivity index (χ4n) is 4.43. The van der Waals surface area contributed by atoms with E-state index in [-0.39, 0.29) is 22.0 Å². The molecule has 0 unspecified atom stereocenters. The molecule has 0 fully saturated rings. The second kappa shape index (κ2) is 9.32. The lowest BCUT2D eigenvalue weighted by molar-refractivity contribution is -0.0429. The van der Waals surface area contributed by atoms with Gasteiger partial charge in [-0.1, -0.05) is 36.7 Å². The Morgan fingerprint density at radius 3 is 2.53 bits per heavy atom. The van der Waals surface area contributed by atoms with Crippen molar-refractivity contribution in [3.8, 4) is 11.3 Å². The van der Waals surface area contributed by atoms with Crippen molar-refractivity contribution in [3.63, 3.8) is 0 Å². The van der Waals surface area contributed by atoms with Gasteiger partial charge in [0, 0.05) is 23.1 Å². The molecule has 3 aromatic heterocycles. The molecular weight excluding hydrogens is 541 g/mol. The van der Waals surface area contributed by atoms with E-state index in [1.165, 1.54) is 18.2 Å². The maximum absolute atomic E-state index is 13.0. The zero-order valence-electron chi connectivity index (χ0n) is 20.5. The van der Waals surface area contributed by atoms with Crippen LogP contribution in [0.2, 0.25) is 5.02 Å². The van der Waals surface area contributed by atoms with Crippen molar-refractivity contribution < 1.29 is 26.0 Å². The molecule has 5 rings (SSSR count). The average Bonchev–Trinajstić information content (AvgIpc) is 3.36. The van der Waals surface area contributed by atoms with Gasteiger partial charge in [0.1, 0.15) is 16.9 Å². The smallest absolute Gasteiger partial charge is 0.454 e. The molecule has 1 N–H and O–H groups in total. The number of imidazole rings is 1. The van der Waals surface area contributed by atoms with Gasteiger partial charge in [0.2, 0.25) is 0 Å². The molecule has 3 heterocycles. The molecule has 7 nitrogen and oxygen atoms in total. The van der Waals surface area contributed by atoms with Crippen LogP contribution in [-0.4, -0.2) is 28.5 Å². The van der Waals surface area contributed by atoms with Gasteiger partial charge in [-0.15, -0.1) is 0 Å². The molecule has 0 bridgehead atoms. The summed E-state index contributed by atoms with van der Waals surface area (Å²) in [6, 6.07) is 13.0. The molecule has 0 radical (unpaired) electrons. The summed E-state index contributed by atoms with van der Waals surface area (Å²) in [5, 5.41) is 0.687. The molecule has 0 saturated carbocycles. The summed E-state index contributed by atoms with van der Waals surface area (Å²) in [6.07, 6.45) is 0.707. The number of furan rings is 1. The lowest BCUT2D eigenvalue weighted by atomic mass is 10.1. The first-order chi connectivity index (χ1) is 17.9. The van der Waals surface area contributed by atoms with E-state index >= 15 is 0 Å². The standard InChI is InChI=1S/C26H22ClF3N4O3S/c1-4-21-32-23-14(2)11-15(3)31-25(23)34(21)13-16-9-10-20-18(12-16)22(27)24(37-20)17-7-5-6-8-19(17)33-38(35,36)26(28,29)30/h5-12,33H,4,13H2,1-3H3. The zero-order chi connectivity index (χ0) is 27.4. The molecule has 12 heteroatoms. The molecule has 198 valence electrons. The number of alkyl halides is 3. The van der Waals surface area contributed by atoms with Crippen LogP contribution >= 0.6 is 11.6 Å². The summed E-state index contributed by atoms with van der Waals surface area (Å²) in [4.78, 5) is 9.47.